The van der Waals surface area contributed by atoms with Gasteiger partial charge in [-0.05, 0) is 50.8 Å². The van der Waals surface area contributed by atoms with Crippen molar-refractivity contribution in [2.24, 2.45) is 0 Å². The van der Waals surface area contributed by atoms with E-state index in [-0.39, 0.29) is 10.8 Å². The van der Waals surface area contributed by atoms with E-state index in [0.717, 1.165) is 31.2 Å². The van der Waals surface area contributed by atoms with E-state index < -0.39 is 10.0 Å². The topological polar surface area (TPSA) is 82.3 Å². The fourth-order valence-electron chi connectivity index (χ4n) is 3.66. The average Bonchev–Trinajstić information content (AvgIpc) is 2.80. The maximum atomic E-state index is 13.2. The van der Waals surface area contributed by atoms with Gasteiger partial charge in [0.2, 0.25) is 10.0 Å². The average molecular weight is 390 g/mol. The van der Waals surface area contributed by atoms with Crippen molar-refractivity contribution in [3.63, 3.8) is 0 Å². The molecule has 0 saturated carbocycles. The molecule has 7 heteroatoms. The summed E-state index contributed by atoms with van der Waals surface area (Å²) in [6.45, 7) is 6.40. The first-order valence-electron chi connectivity index (χ1n) is 9.38. The van der Waals surface area contributed by atoms with Crippen molar-refractivity contribution in [3.05, 3.63) is 46.8 Å². The minimum Gasteiger partial charge on any atom is -0.353 e. The van der Waals surface area contributed by atoms with E-state index in [4.69, 9.17) is 0 Å². The summed E-state index contributed by atoms with van der Waals surface area (Å²) in [6.07, 6.45) is 3.87. The SMILES string of the molecule is Cc1ccccc1NC(=O)c1[nH]c(C)c(S(=O)(=O)N2CCCCCC2)c1C. The first-order valence-corrected chi connectivity index (χ1v) is 10.8. The van der Waals surface area contributed by atoms with E-state index in [2.05, 4.69) is 10.3 Å². The molecule has 2 N–H and O–H groups in total. The Morgan fingerprint density at radius 2 is 1.67 bits per heavy atom. The van der Waals surface area contributed by atoms with Crippen molar-refractivity contribution in [3.8, 4) is 0 Å². The smallest absolute Gasteiger partial charge is 0.272 e. The van der Waals surface area contributed by atoms with Gasteiger partial charge in [0.25, 0.3) is 5.91 Å². The maximum Gasteiger partial charge on any atom is 0.272 e. The van der Waals surface area contributed by atoms with E-state index in [9.17, 15) is 13.2 Å². The third-order valence-electron chi connectivity index (χ3n) is 5.15. The Morgan fingerprint density at radius 1 is 1.04 bits per heavy atom. The Hall–Kier alpha value is -2.12. The van der Waals surface area contributed by atoms with Crippen LogP contribution in [0, 0.1) is 20.8 Å². The monoisotopic (exact) mass is 389 g/mol. The number of hydrogen-bond donors (Lipinski definition) is 2. The van der Waals surface area contributed by atoms with Crippen LogP contribution in [0.25, 0.3) is 0 Å². The van der Waals surface area contributed by atoms with Crippen LogP contribution in [0.5, 0.6) is 0 Å². The number of nitrogens with zero attached hydrogens (tertiary/aromatic N) is 1. The summed E-state index contributed by atoms with van der Waals surface area (Å²) in [5.74, 6) is -0.331. The highest BCUT2D eigenvalue weighted by atomic mass is 32.2. The van der Waals surface area contributed by atoms with Crippen LogP contribution >= 0.6 is 0 Å². The van der Waals surface area contributed by atoms with Gasteiger partial charge in [-0.25, -0.2) is 8.42 Å². The molecule has 0 bridgehead atoms. The number of aryl methyl sites for hydroxylation is 2. The van der Waals surface area contributed by atoms with Crippen LogP contribution in [-0.4, -0.2) is 36.7 Å². The largest absolute Gasteiger partial charge is 0.353 e. The first-order chi connectivity index (χ1) is 12.8. The van der Waals surface area contributed by atoms with Crippen LogP contribution in [0.3, 0.4) is 0 Å². The molecule has 1 aromatic heterocycles. The molecule has 2 heterocycles. The van der Waals surface area contributed by atoms with Crippen LogP contribution < -0.4 is 5.32 Å². The third-order valence-corrected chi connectivity index (χ3v) is 7.33. The number of sulfonamides is 1. The fraction of sp³-hybridized carbons (Fsp3) is 0.450. The summed E-state index contributed by atoms with van der Waals surface area (Å²) in [6, 6.07) is 7.50. The second kappa shape index (κ2) is 7.86. The van der Waals surface area contributed by atoms with Gasteiger partial charge in [-0.3, -0.25) is 4.79 Å². The number of aromatic nitrogens is 1. The number of hydrogen-bond acceptors (Lipinski definition) is 3. The molecule has 3 rings (SSSR count). The summed E-state index contributed by atoms with van der Waals surface area (Å²) in [7, 11) is -3.62. The lowest BCUT2D eigenvalue weighted by Gasteiger charge is -2.20. The molecule has 1 amide bonds. The minimum atomic E-state index is -3.62. The van der Waals surface area contributed by atoms with Crippen LogP contribution in [0.4, 0.5) is 5.69 Å². The van der Waals surface area contributed by atoms with Crippen molar-refractivity contribution >= 4 is 21.6 Å². The number of aromatic amines is 1. The van der Waals surface area contributed by atoms with Gasteiger partial charge in [0.15, 0.2) is 0 Å². The van der Waals surface area contributed by atoms with E-state index in [1.54, 1.807) is 18.2 Å². The Bertz CT molecular complexity index is 939. The number of H-pyrrole nitrogens is 1. The maximum absolute atomic E-state index is 13.2. The normalized spacial score (nSPS) is 16.1. The molecule has 0 aliphatic carbocycles. The number of amides is 1. The van der Waals surface area contributed by atoms with Crippen molar-refractivity contribution in [2.45, 2.75) is 51.3 Å². The molecule has 0 atom stereocenters. The zero-order chi connectivity index (χ0) is 19.6. The Kier molecular flexibility index (Phi) is 5.72. The van der Waals surface area contributed by atoms with Crippen LogP contribution in [-0.2, 0) is 10.0 Å². The number of para-hydroxylation sites is 1. The van der Waals surface area contributed by atoms with Gasteiger partial charge < -0.3 is 10.3 Å². The Labute approximate surface area is 161 Å². The van der Waals surface area contributed by atoms with Crippen LogP contribution in [0.2, 0.25) is 0 Å². The standard InChI is InChI=1S/C20H27N3O3S/c1-14-10-6-7-11-17(14)22-20(24)18-15(2)19(16(3)21-18)27(25,26)23-12-8-4-5-9-13-23/h6-7,10-11,21H,4-5,8-9,12-13H2,1-3H3,(H,22,24). The van der Waals surface area contributed by atoms with Gasteiger partial charge >= 0.3 is 0 Å². The number of rotatable bonds is 4. The zero-order valence-electron chi connectivity index (χ0n) is 16.1. The molecule has 0 spiro atoms. The molecule has 1 aliphatic rings. The van der Waals surface area contributed by atoms with Crippen molar-refractivity contribution in [2.75, 3.05) is 18.4 Å². The second-order valence-electron chi connectivity index (χ2n) is 7.17. The van der Waals surface area contributed by atoms with Gasteiger partial charge in [-0.1, -0.05) is 31.0 Å². The van der Waals surface area contributed by atoms with E-state index in [1.807, 2.05) is 31.2 Å². The Balaban J connectivity index is 1.92. The molecular formula is C20H27N3O3S. The molecule has 1 fully saturated rings. The Morgan fingerprint density at radius 3 is 2.30 bits per heavy atom. The third kappa shape index (κ3) is 3.94. The lowest BCUT2D eigenvalue weighted by atomic mass is 10.2. The van der Waals surface area contributed by atoms with Gasteiger partial charge in [0.05, 0.1) is 0 Å². The second-order valence-corrected chi connectivity index (χ2v) is 9.04. The quantitative estimate of drug-likeness (QED) is 0.835. The number of benzene rings is 1. The molecule has 1 aromatic carbocycles. The lowest BCUT2D eigenvalue weighted by Crippen LogP contribution is -2.32. The van der Waals surface area contributed by atoms with Gasteiger partial charge in [-0.15, -0.1) is 0 Å². The predicted octanol–water partition coefficient (Wildman–Crippen LogP) is 3.76. The molecule has 0 radical (unpaired) electrons. The molecule has 27 heavy (non-hydrogen) atoms. The highest BCUT2D eigenvalue weighted by molar-refractivity contribution is 7.89. The first kappa shape index (κ1) is 19.6. The van der Waals surface area contributed by atoms with E-state index >= 15 is 0 Å². The molecule has 6 nitrogen and oxygen atoms in total. The van der Waals surface area contributed by atoms with E-state index in [0.29, 0.717) is 35.7 Å². The van der Waals surface area contributed by atoms with Gasteiger partial charge in [0, 0.05) is 24.5 Å². The molecule has 146 valence electrons. The summed E-state index contributed by atoms with van der Waals surface area (Å²) >= 11 is 0. The molecular weight excluding hydrogens is 362 g/mol. The van der Waals surface area contributed by atoms with E-state index in [1.165, 1.54) is 0 Å². The molecule has 2 aromatic rings. The van der Waals surface area contributed by atoms with Crippen LogP contribution in [0.1, 0.15) is 53.0 Å². The van der Waals surface area contributed by atoms with Crippen molar-refractivity contribution in [1.29, 1.82) is 0 Å². The van der Waals surface area contributed by atoms with Crippen LogP contribution in [0.15, 0.2) is 29.2 Å². The highest BCUT2D eigenvalue weighted by Gasteiger charge is 2.32. The minimum absolute atomic E-state index is 0.235. The van der Waals surface area contributed by atoms with Gasteiger partial charge in [0.1, 0.15) is 10.6 Å². The molecule has 1 aliphatic heterocycles. The number of nitrogens with one attached hydrogen (secondary N) is 2. The van der Waals surface area contributed by atoms with Crippen molar-refractivity contribution < 1.29 is 13.2 Å². The zero-order valence-corrected chi connectivity index (χ0v) is 16.9. The fourth-order valence-corrected chi connectivity index (χ4v) is 5.58. The predicted molar refractivity (Wildman–Crippen MR) is 107 cm³/mol. The summed E-state index contributed by atoms with van der Waals surface area (Å²) < 4.78 is 28.0. The summed E-state index contributed by atoms with van der Waals surface area (Å²) in [5.41, 5.74) is 2.94. The molecule has 1 saturated heterocycles. The van der Waals surface area contributed by atoms with Gasteiger partial charge in [-0.2, -0.15) is 4.31 Å². The summed E-state index contributed by atoms with van der Waals surface area (Å²) in [4.78, 5) is 16.0. The number of carbonyl (C=O) groups excluding carboxylic acids is 1. The highest BCUT2D eigenvalue weighted by Crippen LogP contribution is 2.28. The number of anilines is 1. The lowest BCUT2D eigenvalue weighted by molar-refractivity contribution is 0.102. The molecule has 0 unspecified atom stereocenters. The number of carbonyl (C=O) groups is 1. The van der Waals surface area contributed by atoms with Crippen molar-refractivity contribution in [1.82, 2.24) is 9.29 Å². The summed E-state index contributed by atoms with van der Waals surface area (Å²) in [5, 5.41) is 2.87.